The second-order valence-electron chi connectivity index (χ2n) is 5.21. The number of aryl methyl sites for hydroxylation is 2. The van der Waals surface area contributed by atoms with E-state index in [0.29, 0.717) is 21.6 Å². The minimum absolute atomic E-state index is 0.123. The third kappa shape index (κ3) is 2.96. The fraction of sp³-hybridized carbons (Fsp3) is 0.200. The average molecular weight is 411 g/mol. The monoisotopic (exact) mass is 410 g/mol. The molecule has 0 bridgehead atoms. The van der Waals surface area contributed by atoms with Crippen molar-refractivity contribution in [2.24, 2.45) is 7.05 Å². The fourth-order valence-electron chi connectivity index (χ4n) is 2.39. The van der Waals surface area contributed by atoms with E-state index in [9.17, 15) is 8.42 Å². The van der Waals surface area contributed by atoms with Crippen molar-refractivity contribution < 1.29 is 13.2 Å². The Morgan fingerprint density at radius 1 is 1.29 bits per heavy atom. The van der Waals surface area contributed by atoms with Gasteiger partial charge in [0.05, 0.1) is 34.1 Å². The first kappa shape index (κ1) is 16.7. The first-order valence-corrected chi connectivity index (χ1v) is 9.25. The summed E-state index contributed by atoms with van der Waals surface area (Å²) in [7, 11) is -0.428. The summed E-state index contributed by atoms with van der Waals surface area (Å²) in [5, 5.41) is 5.07. The van der Waals surface area contributed by atoms with Crippen molar-refractivity contribution in [1.29, 1.82) is 0 Å². The van der Waals surface area contributed by atoms with Gasteiger partial charge in [0.2, 0.25) is 0 Å². The van der Waals surface area contributed by atoms with Crippen LogP contribution in [0.2, 0.25) is 0 Å². The molecule has 2 heterocycles. The van der Waals surface area contributed by atoms with Gasteiger partial charge in [-0.1, -0.05) is 0 Å². The van der Waals surface area contributed by atoms with Gasteiger partial charge in [0.15, 0.2) is 5.65 Å². The van der Waals surface area contributed by atoms with Crippen molar-refractivity contribution in [3.05, 3.63) is 40.6 Å². The van der Waals surface area contributed by atoms with Gasteiger partial charge in [0.1, 0.15) is 5.75 Å². The number of hydrogen-bond acceptors (Lipinski definition) is 5. The van der Waals surface area contributed by atoms with Crippen LogP contribution in [0.5, 0.6) is 5.75 Å². The number of methoxy groups -OCH3 is 1. The van der Waals surface area contributed by atoms with Crippen LogP contribution in [0.25, 0.3) is 11.0 Å². The van der Waals surface area contributed by atoms with E-state index in [1.807, 2.05) is 6.92 Å². The molecule has 0 aliphatic heterocycles. The molecule has 0 atom stereocenters. The first-order chi connectivity index (χ1) is 11.3. The molecule has 0 unspecified atom stereocenters. The van der Waals surface area contributed by atoms with E-state index in [1.54, 1.807) is 23.9 Å². The highest BCUT2D eigenvalue weighted by Crippen LogP contribution is 2.28. The summed E-state index contributed by atoms with van der Waals surface area (Å²) >= 11 is 3.29. The molecule has 1 N–H and O–H groups in total. The molecule has 0 radical (unpaired) electrons. The number of rotatable bonds is 4. The number of fused-ring (bicyclic) bond motifs is 1. The smallest absolute Gasteiger partial charge is 0.261 e. The van der Waals surface area contributed by atoms with E-state index in [1.165, 1.54) is 25.4 Å². The van der Waals surface area contributed by atoms with Gasteiger partial charge in [0.25, 0.3) is 10.0 Å². The summed E-state index contributed by atoms with van der Waals surface area (Å²) in [4.78, 5) is 4.39. The number of aromatic nitrogens is 3. The lowest BCUT2D eigenvalue weighted by molar-refractivity contribution is 0.411. The Morgan fingerprint density at radius 2 is 2.04 bits per heavy atom. The van der Waals surface area contributed by atoms with Gasteiger partial charge in [-0.15, -0.1) is 0 Å². The van der Waals surface area contributed by atoms with Crippen molar-refractivity contribution in [2.45, 2.75) is 11.8 Å². The minimum Gasteiger partial charge on any atom is -0.496 e. The van der Waals surface area contributed by atoms with Crippen LogP contribution in [0, 0.1) is 6.92 Å². The van der Waals surface area contributed by atoms with Gasteiger partial charge >= 0.3 is 0 Å². The van der Waals surface area contributed by atoms with Gasteiger partial charge in [-0.3, -0.25) is 9.40 Å². The molecule has 2 aromatic heterocycles. The standard InChI is InChI=1S/C15H15BrN4O3S/c1-9-12-6-10(8-17-15(12)20(2)18-9)19-24(21,22)11-4-5-14(23-3)13(16)7-11/h4-8,19H,1-3H3. The molecule has 0 spiro atoms. The largest absolute Gasteiger partial charge is 0.496 e. The quantitative estimate of drug-likeness (QED) is 0.714. The van der Waals surface area contributed by atoms with E-state index in [-0.39, 0.29) is 4.90 Å². The van der Waals surface area contributed by atoms with Gasteiger partial charge < -0.3 is 4.74 Å². The number of halogens is 1. The van der Waals surface area contributed by atoms with Crippen molar-refractivity contribution >= 4 is 42.7 Å². The fourth-order valence-corrected chi connectivity index (χ4v) is 4.14. The highest BCUT2D eigenvalue weighted by molar-refractivity contribution is 9.10. The SMILES string of the molecule is COc1ccc(S(=O)(=O)Nc2cnc3c(c2)c(C)nn3C)cc1Br. The van der Waals surface area contributed by atoms with Crippen LogP contribution in [-0.4, -0.2) is 30.3 Å². The predicted octanol–water partition coefficient (Wildman–Crippen LogP) is 2.85. The van der Waals surface area contributed by atoms with E-state index in [4.69, 9.17) is 4.74 Å². The summed E-state index contributed by atoms with van der Waals surface area (Å²) in [6.07, 6.45) is 1.47. The minimum atomic E-state index is -3.74. The van der Waals surface area contributed by atoms with E-state index in [2.05, 4.69) is 30.7 Å². The lowest BCUT2D eigenvalue weighted by atomic mass is 10.3. The van der Waals surface area contributed by atoms with Crippen LogP contribution in [0.15, 0.2) is 39.8 Å². The number of anilines is 1. The average Bonchev–Trinajstić information content (AvgIpc) is 2.81. The number of nitrogens with one attached hydrogen (secondary N) is 1. The first-order valence-electron chi connectivity index (χ1n) is 6.97. The third-order valence-corrected chi connectivity index (χ3v) is 5.55. The lowest BCUT2D eigenvalue weighted by Crippen LogP contribution is -2.13. The van der Waals surface area contributed by atoms with Crippen LogP contribution < -0.4 is 9.46 Å². The molecule has 9 heteroatoms. The number of pyridine rings is 1. The van der Waals surface area contributed by atoms with Crippen LogP contribution in [-0.2, 0) is 17.1 Å². The highest BCUT2D eigenvalue weighted by Gasteiger charge is 2.17. The molecular weight excluding hydrogens is 396 g/mol. The lowest BCUT2D eigenvalue weighted by Gasteiger charge is -2.10. The Labute approximate surface area is 147 Å². The zero-order chi connectivity index (χ0) is 17.5. The van der Waals surface area contributed by atoms with E-state index in [0.717, 1.165) is 11.1 Å². The van der Waals surface area contributed by atoms with Gasteiger partial charge in [-0.05, 0) is 47.1 Å². The predicted molar refractivity (Wildman–Crippen MR) is 94.7 cm³/mol. The zero-order valence-corrected chi connectivity index (χ0v) is 15.6. The maximum absolute atomic E-state index is 12.6. The summed E-state index contributed by atoms with van der Waals surface area (Å²) in [6.45, 7) is 1.85. The molecule has 0 aliphatic carbocycles. The van der Waals surface area contributed by atoms with Gasteiger partial charge in [-0.2, -0.15) is 5.10 Å². The molecule has 7 nitrogen and oxygen atoms in total. The second kappa shape index (κ2) is 6.06. The van der Waals surface area contributed by atoms with Crippen LogP contribution in [0.4, 0.5) is 5.69 Å². The molecule has 3 rings (SSSR count). The topological polar surface area (TPSA) is 86.1 Å². The summed E-state index contributed by atoms with van der Waals surface area (Å²) in [5.41, 5.74) is 1.86. The van der Waals surface area contributed by atoms with Crippen molar-refractivity contribution in [1.82, 2.24) is 14.8 Å². The summed E-state index contributed by atoms with van der Waals surface area (Å²) in [6, 6.07) is 6.28. The molecule has 3 aromatic rings. The van der Waals surface area contributed by atoms with E-state index >= 15 is 0 Å². The van der Waals surface area contributed by atoms with Crippen molar-refractivity contribution in [3.8, 4) is 5.75 Å². The second-order valence-corrected chi connectivity index (χ2v) is 7.74. The number of nitrogens with zero attached hydrogens (tertiary/aromatic N) is 3. The molecule has 0 aliphatic rings. The van der Waals surface area contributed by atoms with E-state index < -0.39 is 10.0 Å². The summed E-state index contributed by atoms with van der Waals surface area (Å²) < 4.78 is 35.0. The Bertz CT molecular complexity index is 1030. The molecule has 0 saturated heterocycles. The van der Waals surface area contributed by atoms with Crippen LogP contribution >= 0.6 is 15.9 Å². The normalized spacial score (nSPS) is 11.7. The highest BCUT2D eigenvalue weighted by atomic mass is 79.9. The van der Waals surface area contributed by atoms with Gasteiger partial charge in [0, 0.05) is 12.4 Å². The van der Waals surface area contributed by atoms with Gasteiger partial charge in [-0.25, -0.2) is 13.4 Å². The third-order valence-electron chi connectivity index (χ3n) is 3.55. The number of sulfonamides is 1. The molecule has 1 aromatic carbocycles. The Morgan fingerprint density at radius 3 is 2.71 bits per heavy atom. The Kier molecular flexibility index (Phi) is 4.22. The molecule has 0 amide bonds. The molecular formula is C15H15BrN4O3S. The van der Waals surface area contributed by atoms with Crippen LogP contribution in [0.1, 0.15) is 5.69 Å². The zero-order valence-electron chi connectivity index (χ0n) is 13.2. The maximum Gasteiger partial charge on any atom is 0.261 e. The van der Waals surface area contributed by atoms with Crippen molar-refractivity contribution in [2.75, 3.05) is 11.8 Å². The Balaban J connectivity index is 1.97. The number of hydrogen-bond donors (Lipinski definition) is 1. The van der Waals surface area contributed by atoms with Crippen molar-refractivity contribution in [3.63, 3.8) is 0 Å². The number of benzene rings is 1. The summed E-state index contributed by atoms with van der Waals surface area (Å²) in [5.74, 6) is 0.558. The molecule has 0 fully saturated rings. The molecule has 126 valence electrons. The number of ether oxygens (including phenoxy) is 1. The molecule has 0 saturated carbocycles. The van der Waals surface area contributed by atoms with Crippen LogP contribution in [0.3, 0.4) is 0 Å². The Hall–Kier alpha value is -2.13. The maximum atomic E-state index is 12.6. The molecule has 24 heavy (non-hydrogen) atoms.